The van der Waals surface area contributed by atoms with Crippen LogP contribution in [0.4, 0.5) is 0 Å². The standard InChI is InChI=1S/C21H33N3O6.C18H27N3O6/c1-22(7-10-28-4)19(25)16-13-17(20(26)23(2)8-11-29-5)15-18(14-16)21(27)24(3)9-12-30-6;1-25-7-4-19-16(22)13-10-14(17(23)20-5-8-26-2)12-15(11-13)18(24)21-6-9-27-3/h13-15H,7-12H2,1-6H3;10-12H,4-9H2,1-3H3,(H,19,22)(H,20,23)(H,21,24). The summed E-state index contributed by atoms with van der Waals surface area (Å²) >= 11 is 0. The SMILES string of the molecule is COCCN(C)C(=O)c1cc(C(=O)N(C)CCOC)cc(C(=O)N(C)CCOC)c1.COCCNC(=O)c1cc(C(=O)NCCOC)cc(C(=O)NCCOC)c1. The van der Waals surface area contributed by atoms with Crippen LogP contribution in [0.3, 0.4) is 0 Å². The maximum absolute atomic E-state index is 12.9. The minimum absolute atomic E-state index is 0.211. The molecule has 2 aromatic rings. The summed E-state index contributed by atoms with van der Waals surface area (Å²) < 4.78 is 29.7. The number of hydrogen-bond acceptors (Lipinski definition) is 12. The van der Waals surface area contributed by atoms with Gasteiger partial charge in [0.15, 0.2) is 0 Å². The van der Waals surface area contributed by atoms with E-state index < -0.39 is 17.7 Å². The molecule has 0 bridgehead atoms. The van der Waals surface area contributed by atoms with Gasteiger partial charge in [-0.25, -0.2) is 0 Å². The van der Waals surface area contributed by atoms with E-state index in [1.165, 1.54) is 72.4 Å². The molecule has 0 aliphatic heterocycles. The summed E-state index contributed by atoms with van der Waals surface area (Å²) in [6.07, 6.45) is 0. The van der Waals surface area contributed by atoms with Gasteiger partial charge in [0.25, 0.3) is 35.4 Å². The van der Waals surface area contributed by atoms with Gasteiger partial charge in [-0.2, -0.15) is 0 Å². The van der Waals surface area contributed by atoms with Crippen LogP contribution in [0, 0.1) is 0 Å². The zero-order chi connectivity index (χ0) is 42.8. The van der Waals surface area contributed by atoms with Crippen molar-refractivity contribution in [2.45, 2.75) is 0 Å². The van der Waals surface area contributed by atoms with Crippen LogP contribution in [0.2, 0.25) is 0 Å². The zero-order valence-electron chi connectivity index (χ0n) is 34.7. The molecule has 3 N–H and O–H groups in total. The predicted octanol–water partition coefficient (Wildman–Crippen LogP) is 0.657. The monoisotopic (exact) mass is 804 g/mol. The fourth-order valence-corrected chi connectivity index (χ4v) is 4.78. The molecular weight excluding hydrogens is 744 g/mol. The molecule has 2 aromatic carbocycles. The first-order valence-electron chi connectivity index (χ1n) is 18.1. The number of methoxy groups -OCH3 is 6. The van der Waals surface area contributed by atoms with Gasteiger partial charge >= 0.3 is 0 Å². The van der Waals surface area contributed by atoms with E-state index >= 15 is 0 Å². The molecule has 0 aliphatic rings. The lowest BCUT2D eigenvalue weighted by Gasteiger charge is -2.21. The third kappa shape index (κ3) is 18.2. The summed E-state index contributed by atoms with van der Waals surface area (Å²) in [5.41, 5.74) is 1.43. The highest BCUT2D eigenvalue weighted by Crippen LogP contribution is 2.17. The van der Waals surface area contributed by atoms with Crippen molar-refractivity contribution in [3.63, 3.8) is 0 Å². The van der Waals surface area contributed by atoms with E-state index in [1.807, 2.05) is 0 Å². The molecule has 18 nitrogen and oxygen atoms in total. The molecule has 18 heteroatoms. The molecule has 0 fully saturated rings. The Morgan fingerprint density at radius 2 is 0.596 bits per heavy atom. The van der Waals surface area contributed by atoms with Gasteiger partial charge in [0.2, 0.25) is 0 Å². The van der Waals surface area contributed by atoms with E-state index in [2.05, 4.69) is 16.0 Å². The van der Waals surface area contributed by atoms with Crippen molar-refractivity contribution in [1.29, 1.82) is 0 Å². The van der Waals surface area contributed by atoms with Crippen LogP contribution < -0.4 is 16.0 Å². The minimum Gasteiger partial charge on any atom is -0.383 e. The molecule has 6 amide bonds. The Hall–Kier alpha value is -4.98. The third-order valence-electron chi connectivity index (χ3n) is 8.10. The highest BCUT2D eigenvalue weighted by Gasteiger charge is 2.22. The molecule has 0 aromatic heterocycles. The van der Waals surface area contributed by atoms with Gasteiger partial charge in [0.05, 0.1) is 39.6 Å². The van der Waals surface area contributed by atoms with Crippen LogP contribution in [0.5, 0.6) is 0 Å². The van der Waals surface area contributed by atoms with Crippen LogP contribution in [0.15, 0.2) is 36.4 Å². The Balaban J connectivity index is 0.000000573. The van der Waals surface area contributed by atoms with Crippen molar-refractivity contribution >= 4 is 35.4 Å². The molecule has 0 saturated heterocycles. The van der Waals surface area contributed by atoms with Gasteiger partial charge in [0.1, 0.15) is 0 Å². The Morgan fingerprint density at radius 1 is 0.386 bits per heavy atom. The number of rotatable bonds is 24. The number of hydrogen-bond donors (Lipinski definition) is 3. The van der Waals surface area contributed by atoms with E-state index in [9.17, 15) is 28.8 Å². The minimum atomic E-state index is -0.399. The molecule has 0 unspecified atom stereocenters. The summed E-state index contributed by atoms with van der Waals surface area (Å²) in [6, 6.07) is 8.87. The highest BCUT2D eigenvalue weighted by molar-refractivity contribution is 6.05. The normalized spacial score (nSPS) is 10.5. The van der Waals surface area contributed by atoms with Crippen molar-refractivity contribution < 1.29 is 57.2 Å². The molecule has 2 rings (SSSR count). The van der Waals surface area contributed by atoms with Crippen molar-refractivity contribution in [2.75, 3.05) is 143 Å². The van der Waals surface area contributed by atoms with Crippen LogP contribution in [-0.4, -0.2) is 193 Å². The number of amides is 6. The number of carbonyl (C=O) groups is 6. The van der Waals surface area contributed by atoms with Crippen molar-refractivity contribution in [1.82, 2.24) is 30.7 Å². The number of likely N-dealkylation sites (N-methyl/N-ethyl adjacent to an activating group) is 3. The number of benzene rings is 2. The van der Waals surface area contributed by atoms with E-state index in [1.54, 1.807) is 42.5 Å². The van der Waals surface area contributed by atoms with Crippen LogP contribution in [0.1, 0.15) is 62.1 Å². The Morgan fingerprint density at radius 3 is 0.807 bits per heavy atom. The second kappa shape index (κ2) is 28.4. The average Bonchev–Trinajstić information content (AvgIpc) is 3.22. The summed E-state index contributed by atoms with van der Waals surface area (Å²) in [4.78, 5) is 80.0. The first-order chi connectivity index (χ1) is 27.3. The fraction of sp³-hybridized carbons (Fsp3) is 0.538. The van der Waals surface area contributed by atoms with E-state index in [0.29, 0.717) is 78.9 Å². The smallest absolute Gasteiger partial charge is 0.253 e. The molecule has 0 spiro atoms. The van der Waals surface area contributed by atoms with Gasteiger partial charge in [-0.1, -0.05) is 0 Å². The van der Waals surface area contributed by atoms with Crippen LogP contribution >= 0.6 is 0 Å². The lowest BCUT2D eigenvalue weighted by Crippen LogP contribution is -2.33. The second-order valence-corrected chi connectivity index (χ2v) is 12.5. The summed E-state index contributed by atoms with van der Waals surface area (Å²) in [5.74, 6) is -2.09. The third-order valence-corrected chi connectivity index (χ3v) is 8.10. The first kappa shape index (κ1) is 50.0. The van der Waals surface area contributed by atoms with Crippen molar-refractivity contribution in [2.24, 2.45) is 0 Å². The lowest BCUT2D eigenvalue weighted by atomic mass is 10.0. The van der Waals surface area contributed by atoms with Gasteiger partial charge in [-0.3, -0.25) is 28.8 Å². The number of nitrogens with zero attached hydrogens (tertiary/aromatic N) is 3. The van der Waals surface area contributed by atoms with Gasteiger partial charge < -0.3 is 59.1 Å². The topological polar surface area (TPSA) is 204 Å². The molecular formula is C39H60N6O12. The molecule has 0 atom stereocenters. The molecule has 0 aliphatic carbocycles. The van der Waals surface area contributed by atoms with E-state index in [0.717, 1.165) is 0 Å². The fourth-order valence-electron chi connectivity index (χ4n) is 4.78. The first-order valence-corrected chi connectivity index (χ1v) is 18.1. The number of nitrogens with one attached hydrogen (secondary N) is 3. The zero-order valence-corrected chi connectivity index (χ0v) is 34.7. The van der Waals surface area contributed by atoms with Gasteiger partial charge in [-0.05, 0) is 36.4 Å². The van der Waals surface area contributed by atoms with E-state index in [-0.39, 0.29) is 51.1 Å². The quantitative estimate of drug-likeness (QED) is 0.125. The molecule has 0 radical (unpaired) electrons. The maximum atomic E-state index is 12.9. The predicted molar refractivity (Wildman–Crippen MR) is 212 cm³/mol. The molecule has 57 heavy (non-hydrogen) atoms. The Bertz CT molecular complexity index is 1390. The summed E-state index contributed by atoms with van der Waals surface area (Å²) in [6.45, 7) is 4.31. The van der Waals surface area contributed by atoms with E-state index in [4.69, 9.17) is 28.4 Å². The Kier molecular flexibility index (Phi) is 24.9. The molecule has 0 heterocycles. The average molecular weight is 805 g/mol. The summed E-state index contributed by atoms with van der Waals surface area (Å²) in [7, 11) is 14.2. The van der Waals surface area contributed by atoms with Gasteiger partial charge in [0, 0.05) is 136 Å². The largest absolute Gasteiger partial charge is 0.383 e. The number of carbonyl (C=O) groups excluding carboxylic acids is 6. The van der Waals surface area contributed by atoms with Crippen molar-refractivity contribution in [3.8, 4) is 0 Å². The number of ether oxygens (including phenoxy) is 6. The molecule has 318 valence electrons. The van der Waals surface area contributed by atoms with Crippen molar-refractivity contribution in [3.05, 3.63) is 69.8 Å². The highest BCUT2D eigenvalue weighted by atomic mass is 16.5. The maximum Gasteiger partial charge on any atom is 0.253 e. The second-order valence-electron chi connectivity index (χ2n) is 12.5. The van der Waals surface area contributed by atoms with Gasteiger partial charge in [-0.15, -0.1) is 0 Å². The lowest BCUT2D eigenvalue weighted by molar-refractivity contribution is 0.0736. The summed E-state index contributed by atoms with van der Waals surface area (Å²) in [5, 5.41) is 8.01. The molecule has 0 saturated carbocycles. The Labute approximate surface area is 335 Å². The van der Waals surface area contributed by atoms with Crippen LogP contribution in [0.25, 0.3) is 0 Å². The van der Waals surface area contributed by atoms with Crippen LogP contribution in [-0.2, 0) is 28.4 Å².